The number of benzene rings is 2. The van der Waals surface area contributed by atoms with E-state index in [1.807, 2.05) is 5.32 Å². The molecule has 0 heterocycles. The number of carboxylic acid groups (broad SMARTS) is 1. The summed E-state index contributed by atoms with van der Waals surface area (Å²) in [5.74, 6) is -11.2. The summed E-state index contributed by atoms with van der Waals surface area (Å²) < 4.78 is 56.8. The van der Waals surface area contributed by atoms with Crippen LogP contribution in [0.3, 0.4) is 0 Å². The zero-order valence-corrected chi connectivity index (χ0v) is 13.8. The number of nitriles is 1. The lowest BCUT2D eigenvalue weighted by Gasteiger charge is -2.31. The fourth-order valence-corrected chi connectivity index (χ4v) is 2.60. The van der Waals surface area contributed by atoms with Crippen molar-refractivity contribution in [2.45, 2.75) is 18.9 Å². The van der Waals surface area contributed by atoms with E-state index in [0.717, 1.165) is 13.0 Å². The Kier molecular flexibility index (Phi) is 5.49. The van der Waals surface area contributed by atoms with Gasteiger partial charge in [0, 0.05) is 5.56 Å². The Hall–Kier alpha value is -3.41. The van der Waals surface area contributed by atoms with E-state index in [2.05, 4.69) is 0 Å². The largest absolute Gasteiger partial charge is 0.479 e. The predicted molar refractivity (Wildman–Crippen MR) is 84.5 cm³/mol. The number of amides is 1. The number of nitrogens with zero attached hydrogens (tertiary/aromatic N) is 1. The molecule has 0 aliphatic carbocycles. The Morgan fingerprint density at radius 2 is 1.59 bits per heavy atom. The monoisotopic (exact) mass is 380 g/mol. The fourth-order valence-electron chi connectivity index (χ4n) is 2.60. The highest BCUT2D eigenvalue weighted by molar-refractivity contribution is 5.98. The number of carbonyl (C=O) groups excluding carboxylic acids is 1. The number of carbonyl (C=O) groups is 2. The van der Waals surface area contributed by atoms with E-state index in [9.17, 15) is 32.3 Å². The molecule has 9 heteroatoms. The third-order valence-electron chi connectivity index (χ3n) is 4.06. The maximum Gasteiger partial charge on any atom is 0.334 e. The third-order valence-corrected chi connectivity index (χ3v) is 4.06. The maximum atomic E-state index is 14.4. The molecule has 1 atom stereocenters. The van der Waals surface area contributed by atoms with Gasteiger partial charge in [-0.1, -0.05) is 25.1 Å². The number of carboxylic acids is 1. The maximum absolute atomic E-state index is 14.4. The van der Waals surface area contributed by atoms with Gasteiger partial charge >= 0.3 is 5.97 Å². The Labute approximate surface area is 150 Å². The molecule has 2 aromatic carbocycles. The van der Waals surface area contributed by atoms with Gasteiger partial charge in [0.25, 0.3) is 5.91 Å². The number of hydrogen-bond acceptors (Lipinski definition) is 3. The second kappa shape index (κ2) is 7.45. The third kappa shape index (κ3) is 3.21. The predicted octanol–water partition coefficient (Wildman–Crippen LogP) is 3.23. The van der Waals surface area contributed by atoms with E-state index in [-0.39, 0.29) is 5.56 Å². The molecule has 140 valence electrons. The number of rotatable bonds is 5. The summed E-state index contributed by atoms with van der Waals surface area (Å²) in [6.45, 7) is 1.16. The Balaban J connectivity index is 2.74. The van der Waals surface area contributed by atoms with Crippen LogP contribution in [0.1, 0.15) is 34.8 Å². The quantitative estimate of drug-likeness (QED) is 0.616. The van der Waals surface area contributed by atoms with E-state index in [1.165, 1.54) is 24.3 Å². The first-order valence-corrected chi connectivity index (χ1v) is 7.58. The van der Waals surface area contributed by atoms with Crippen molar-refractivity contribution in [3.63, 3.8) is 0 Å². The molecular weight excluding hydrogens is 368 g/mol. The van der Waals surface area contributed by atoms with Crippen LogP contribution in [-0.4, -0.2) is 17.0 Å². The fraction of sp³-hybridized carbons (Fsp3) is 0.167. The van der Waals surface area contributed by atoms with Gasteiger partial charge in [-0.3, -0.25) is 4.79 Å². The van der Waals surface area contributed by atoms with E-state index in [0.29, 0.717) is 0 Å². The van der Waals surface area contributed by atoms with E-state index < -0.39 is 58.2 Å². The van der Waals surface area contributed by atoms with Gasteiger partial charge < -0.3 is 10.4 Å². The van der Waals surface area contributed by atoms with Gasteiger partial charge in [0.15, 0.2) is 28.8 Å². The number of nitrogens with one attached hydrogen (secondary N) is 1. The summed E-state index contributed by atoms with van der Waals surface area (Å²) in [7, 11) is 0. The van der Waals surface area contributed by atoms with Crippen LogP contribution in [0.15, 0.2) is 30.3 Å². The zero-order valence-electron chi connectivity index (χ0n) is 13.8. The SMILES string of the molecule is CCC(NC(=O)c1ccccc1)(C(=O)O)c1c(F)c(F)c(C#N)c(F)c1F. The zero-order chi connectivity index (χ0) is 20.4. The van der Waals surface area contributed by atoms with E-state index in [4.69, 9.17) is 5.26 Å². The molecule has 0 radical (unpaired) electrons. The van der Waals surface area contributed by atoms with Crippen molar-refractivity contribution in [2.75, 3.05) is 0 Å². The Morgan fingerprint density at radius 3 is 2.00 bits per heavy atom. The van der Waals surface area contributed by atoms with Crippen LogP contribution >= 0.6 is 0 Å². The van der Waals surface area contributed by atoms with Gasteiger partial charge in [0.05, 0.1) is 5.56 Å². The molecule has 2 N–H and O–H groups in total. The highest BCUT2D eigenvalue weighted by atomic mass is 19.2. The molecule has 0 saturated carbocycles. The van der Waals surface area contributed by atoms with Gasteiger partial charge in [-0.15, -0.1) is 0 Å². The molecule has 5 nitrogen and oxygen atoms in total. The minimum atomic E-state index is -2.81. The van der Waals surface area contributed by atoms with Crippen molar-refractivity contribution < 1.29 is 32.3 Å². The van der Waals surface area contributed by atoms with Crippen LogP contribution in [0, 0.1) is 34.6 Å². The lowest BCUT2D eigenvalue weighted by molar-refractivity contribution is -0.145. The van der Waals surface area contributed by atoms with Crippen molar-refractivity contribution in [2.24, 2.45) is 0 Å². The Morgan fingerprint density at radius 1 is 1.07 bits per heavy atom. The summed E-state index contributed by atoms with van der Waals surface area (Å²) in [6.07, 6.45) is -0.639. The lowest BCUT2D eigenvalue weighted by atomic mass is 9.84. The normalized spacial score (nSPS) is 12.7. The molecule has 0 aliphatic rings. The van der Waals surface area contributed by atoms with Crippen LogP contribution in [0.4, 0.5) is 17.6 Å². The summed E-state index contributed by atoms with van der Waals surface area (Å²) in [5, 5.41) is 20.2. The molecule has 0 saturated heterocycles. The topological polar surface area (TPSA) is 90.2 Å². The molecule has 2 aromatic rings. The molecule has 0 bridgehead atoms. The smallest absolute Gasteiger partial charge is 0.334 e. The van der Waals surface area contributed by atoms with Crippen molar-refractivity contribution in [1.29, 1.82) is 5.26 Å². The summed E-state index contributed by atoms with van der Waals surface area (Å²) in [4.78, 5) is 24.2. The first-order valence-electron chi connectivity index (χ1n) is 7.58. The van der Waals surface area contributed by atoms with Crippen LogP contribution in [0.5, 0.6) is 0 Å². The second-order valence-electron chi connectivity index (χ2n) is 5.50. The van der Waals surface area contributed by atoms with Crippen LogP contribution < -0.4 is 5.32 Å². The summed E-state index contributed by atoms with van der Waals surface area (Å²) >= 11 is 0. The van der Waals surface area contributed by atoms with Crippen molar-refractivity contribution in [3.8, 4) is 6.07 Å². The lowest BCUT2D eigenvalue weighted by Crippen LogP contribution is -2.53. The number of hydrogen-bond donors (Lipinski definition) is 2. The first-order chi connectivity index (χ1) is 12.7. The number of halogens is 4. The molecule has 0 spiro atoms. The van der Waals surface area contributed by atoms with Crippen LogP contribution in [0.2, 0.25) is 0 Å². The molecule has 0 fully saturated rings. The minimum absolute atomic E-state index is 0.0352. The van der Waals surface area contributed by atoms with Crippen molar-refractivity contribution in [3.05, 3.63) is 70.3 Å². The average Bonchev–Trinajstić information content (AvgIpc) is 2.66. The molecular formula is C18H12F4N2O3. The molecule has 0 aliphatic heterocycles. The minimum Gasteiger partial charge on any atom is -0.479 e. The van der Waals surface area contributed by atoms with Crippen LogP contribution in [0.25, 0.3) is 0 Å². The summed E-state index contributed by atoms with van der Waals surface area (Å²) in [5.41, 5.74) is -5.90. The standard InChI is InChI=1S/C18H12F4N2O3/c1-2-18(17(26)27,24-16(25)9-6-4-3-5-7-9)11-14(21)12(19)10(8-23)13(20)15(11)22/h3-7H,2H2,1H3,(H,24,25)(H,26,27). The molecule has 2 rings (SSSR count). The molecule has 1 amide bonds. The van der Waals surface area contributed by atoms with Crippen molar-refractivity contribution >= 4 is 11.9 Å². The van der Waals surface area contributed by atoms with Crippen molar-refractivity contribution in [1.82, 2.24) is 5.32 Å². The molecule has 27 heavy (non-hydrogen) atoms. The van der Waals surface area contributed by atoms with Crippen LogP contribution in [-0.2, 0) is 10.3 Å². The number of aliphatic carboxylic acids is 1. The highest BCUT2D eigenvalue weighted by Crippen LogP contribution is 2.35. The molecule has 0 aromatic heterocycles. The average molecular weight is 380 g/mol. The first kappa shape index (κ1) is 19.9. The highest BCUT2D eigenvalue weighted by Gasteiger charge is 2.47. The Bertz CT molecular complexity index is 928. The van der Waals surface area contributed by atoms with Gasteiger partial charge in [0.2, 0.25) is 0 Å². The van der Waals surface area contributed by atoms with Gasteiger partial charge in [-0.05, 0) is 18.6 Å². The molecule has 1 unspecified atom stereocenters. The summed E-state index contributed by atoms with van der Waals surface area (Å²) in [6, 6.07) is 8.10. The van der Waals surface area contributed by atoms with Gasteiger partial charge in [-0.2, -0.15) is 5.26 Å². The van der Waals surface area contributed by atoms with Gasteiger partial charge in [0.1, 0.15) is 11.6 Å². The van der Waals surface area contributed by atoms with E-state index in [1.54, 1.807) is 6.07 Å². The second-order valence-corrected chi connectivity index (χ2v) is 5.50. The van der Waals surface area contributed by atoms with Gasteiger partial charge in [-0.25, -0.2) is 22.4 Å². The van der Waals surface area contributed by atoms with E-state index >= 15 is 0 Å².